The van der Waals surface area contributed by atoms with Crippen molar-refractivity contribution in [2.75, 3.05) is 0 Å². The molecule has 1 amide bonds. The van der Waals surface area contributed by atoms with Crippen molar-refractivity contribution >= 4 is 34.2 Å². The Bertz CT molecular complexity index is 1250. The molecule has 1 aliphatic rings. The molecule has 0 spiro atoms. The lowest BCUT2D eigenvalue weighted by molar-refractivity contribution is -0.193. The highest BCUT2D eigenvalue weighted by atomic mass is 32.1. The Morgan fingerprint density at radius 1 is 1.21 bits per heavy atom. The normalized spacial score (nSPS) is 19.1. The summed E-state index contributed by atoms with van der Waals surface area (Å²) in [6.07, 6.45) is -1.17. The molecule has 0 saturated heterocycles. The average Bonchev–Trinajstić information content (AvgIpc) is 3.48. The second-order valence-electron chi connectivity index (χ2n) is 10.6. The monoisotopic (exact) mass is 549 g/mol. The molecule has 0 radical (unpaired) electrons. The average molecular weight is 550 g/mol. The first kappa shape index (κ1) is 28.1. The van der Waals surface area contributed by atoms with Crippen molar-refractivity contribution in [3.8, 4) is 0 Å². The number of aliphatic carboxylic acids is 1. The number of thiophene rings is 1. The number of aromatic nitrogens is 2. The van der Waals surface area contributed by atoms with Gasteiger partial charge in [0, 0.05) is 35.4 Å². The first-order valence-electron chi connectivity index (χ1n) is 13.2. The van der Waals surface area contributed by atoms with Crippen molar-refractivity contribution in [2.45, 2.75) is 83.5 Å². The van der Waals surface area contributed by atoms with Gasteiger partial charge < -0.3 is 15.0 Å². The minimum absolute atomic E-state index is 0.0467. The highest BCUT2D eigenvalue weighted by molar-refractivity contribution is 7.09. The van der Waals surface area contributed by atoms with E-state index in [2.05, 4.69) is 5.32 Å². The summed E-state index contributed by atoms with van der Waals surface area (Å²) >= 11 is 1.53. The summed E-state index contributed by atoms with van der Waals surface area (Å²) in [5.74, 6) is -1.87. The van der Waals surface area contributed by atoms with Crippen molar-refractivity contribution in [3.05, 3.63) is 52.0 Å². The van der Waals surface area contributed by atoms with Gasteiger partial charge in [0.1, 0.15) is 5.82 Å². The van der Waals surface area contributed by atoms with Gasteiger partial charge >= 0.3 is 12.1 Å². The zero-order valence-corrected chi connectivity index (χ0v) is 22.4. The van der Waals surface area contributed by atoms with Gasteiger partial charge in [0.2, 0.25) is 0 Å². The van der Waals surface area contributed by atoms with E-state index < -0.39 is 24.1 Å². The number of nitrogens with zero attached hydrogens (tertiary/aromatic N) is 2. The van der Waals surface area contributed by atoms with Crippen LogP contribution in [0.4, 0.5) is 13.2 Å². The SMILES string of the molecule is CC(C)C[C@@H](CCC(=O)O)NC(=O)c1ccc2c(c1)nc(Cc1cccs1)n2C1CCCCC1C(F)(F)F. The Balaban J connectivity index is 1.68. The van der Waals surface area contributed by atoms with Gasteiger partial charge in [-0.05, 0) is 61.2 Å². The number of carboxylic acid groups (broad SMARTS) is 1. The summed E-state index contributed by atoms with van der Waals surface area (Å²) in [6, 6.07) is 7.78. The first-order chi connectivity index (χ1) is 18.0. The maximum absolute atomic E-state index is 14.1. The van der Waals surface area contributed by atoms with Gasteiger partial charge in [-0.25, -0.2) is 4.98 Å². The maximum atomic E-state index is 14.1. The number of imidazole rings is 1. The van der Waals surface area contributed by atoms with Gasteiger partial charge in [0.05, 0.1) is 17.0 Å². The summed E-state index contributed by atoms with van der Waals surface area (Å²) in [7, 11) is 0. The van der Waals surface area contributed by atoms with Crippen molar-refractivity contribution in [1.82, 2.24) is 14.9 Å². The summed E-state index contributed by atoms with van der Waals surface area (Å²) in [4.78, 5) is 29.9. The fourth-order valence-electron chi connectivity index (χ4n) is 5.54. The molecular weight excluding hydrogens is 515 g/mol. The van der Waals surface area contributed by atoms with E-state index in [1.165, 1.54) is 11.3 Å². The predicted octanol–water partition coefficient (Wildman–Crippen LogP) is 6.99. The summed E-state index contributed by atoms with van der Waals surface area (Å²) < 4.78 is 44.0. The molecule has 2 N–H and O–H groups in total. The minimum atomic E-state index is -4.30. The summed E-state index contributed by atoms with van der Waals surface area (Å²) in [6.45, 7) is 4.01. The molecule has 2 unspecified atom stereocenters. The van der Waals surface area contributed by atoms with E-state index in [-0.39, 0.29) is 30.7 Å². The lowest BCUT2D eigenvalue weighted by Crippen LogP contribution is -2.36. The molecule has 206 valence electrons. The summed E-state index contributed by atoms with van der Waals surface area (Å²) in [5.41, 5.74) is 1.44. The molecule has 3 atom stereocenters. The van der Waals surface area contributed by atoms with Crippen LogP contribution in [0.5, 0.6) is 0 Å². The van der Waals surface area contributed by atoms with E-state index in [9.17, 15) is 22.8 Å². The summed E-state index contributed by atoms with van der Waals surface area (Å²) in [5, 5.41) is 14.0. The molecule has 38 heavy (non-hydrogen) atoms. The third kappa shape index (κ3) is 6.76. The molecule has 1 aromatic carbocycles. The number of carbonyl (C=O) groups is 2. The molecule has 0 bridgehead atoms. The quantitative estimate of drug-likeness (QED) is 0.285. The number of hydrogen-bond acceptors (Lipinski definition) is 4. The Labute approximate surface area is 224 Å². The Kier molecular flexibility index (Phi) is 8.80. The van der Waals surface area contributed by atoms with Crippen LogP contribution in [0.2, 0.25) is 0 Å². The van der Waals surface area contributed by atoms with Gasteiger partial charge in [-0.15, -0.1) is 11.3 Å². The largest absolute Gasteiger partial charge is 0.481 e. The molecule has 6 nitrogen and oxygen atoms in total. The zero-order valence-electron chi connectivity index (χ0n) is 21.6. The van der Waals surface area contributed by atoms with Crippen LogP contribution in [0.25, 0.3) is 11.0 Å². The van der Waals surface area contributed by atoms with Crippen LogP contribution in [0, 0.1) is 11.8 Å². The molecule has 0 aliphatic heterocycles. The van der Waals surface area contributed by atoms with Crippen molar-refractivity contribution in [1.29, 1.82) is 0 Å². The molecule has 1 saturated carbocycles. The van der Waals surface area contributed by atoms with E-state index >= 15 is 0 Å². The van der Waals surface area contributed by atoms with Crippen LogP contribution in [-0.4, -0.2) is 38.8 Å². The number of benzene rings is 1. The number of alkyl halides is 3. The van der Waals surface area contributed by atoms with Crippen LogP contribution >= 0.6 is 11.3 Å². The van der Waals surface area contributed by atoms with Crippen molar-refractivity contribution in [2.24, 2.45) is 11.8 Å². The molecular formula is C28H34F3N3O3S. The number of fused-ring (bicyclic) bond motifs is 1. The Hall–Kier alpha value is -2.88. The molecule has 1 aliphatic carbocycles. The number of carbonyl (C=O) groups excluding carboxylic acids is 1. The van der Waals surface area contributed by atoms with Gasteiger partial charge in [0.15, 0.2) is 0 Å². The maximum Gasteiger partial charge on any atom is 0.393 e. The van der Waals surface area contributed by atoms with E-state index in [1.54, 1.807) is 22.8 Å². The molecule has 4 rings (SSSR count). The fraction of sp³-hybridized carbons (Fsp3) is 0.536. The van der Waals surface area contributed by atoms with Crippen molar-refractivity contribution < 1.29 is 27.9 Å². The van der Waals surface area contributed by atoms with Gasteiger partial charge in [-0.2, -0.15) is 13.2 Å². The topological polar surface area (TPSA) is 84.2 Å². The number of amides is 1. The molecule has 3 aromatic rings. The number of rotatable bonds is 10. The van der Waals surface area contributed by atoms with E-state index in [1.807, 2.05) is 31.4 Å². The molecule has 2 heterocycles. The number of halogens is 3. The minimum Gasteiger partial charge on any atom is -0.481 e. The second kappa shape index (κ2) is 11.9. The van der Waals surface area contributed by atoms with Crippen LogP contribution in [-0.2, 0) is 11.2 Å². The third-order valence-corrected chi connectivity index (χ3v) is 8.09. The lowest BCUT2D eigenvalue weighted by Gasteiger charge is -2.35. The number of nitrogens with one attached hydrogen (secondary N) is 1. The van der Waals surface area contributed by atoms with Crippen LogP contribution in [0.1, 0.15) is 85.9 Å². The smallest absolute Gasteiger partial charge is 0.393 e. The Morgan fingerprint density at radius 2 is 1.97 bits per heavy atom. The van der Waals surface area contributed by atoms with Crippen molar-refractivity contribution in [3.63, 3.8) is 0 Å². The van der Waals surface area contributed by atoms with E-state index in [4.69, 9.17) is 10.1 Å². The van der Waals surface area contributed by atoms with Gasteiger partial charge in [0.25, 0.3) is 5.91 Å². The number of carboxylic acids is 1. The highest BCUT2D eigenvalue weighted by Gasteiger charge is 2.47. The van der Waals surface area contributed by atoms with Crippen LogP contribution < -0.4 is 5.32 Å². The molecule has 2 aromatic heterocycles. The van der Waals surface area contributed by atoms with E-state index in [0.29, 0.717) is 54.5 Å². The van der Waals surface area contributed by atoms with Crippen LogP contribution in [0.3, 0.4) is 0 Å². The lowest BCUT2D eigenvalue weighted by atomic mass is 9.83. The van der Waals surface area contributed by atoms with Crippen LogP contribution in [0.15, 0.2) is 35.7 Å². The standard InChI is InChI=1S/C28H34F3N3O3S/c1-17(2)14-19(10-12-26(35)36)32-27(37)18-9-11-24-22(15-18)33-25(16-20-6-5-13-38-20)34(24)23-8-4-3-7-21(23)28(29,30)31/h5-6,9,11,13,15,17,19,21,23H,3-4,7-8,10,12,14,16H2,1-2H3,(H,32,37)(H,35,36)/t19-,21?,23?/m1/s1. The second-order valence-corrected chi connectivity index (χ2v) is 11.6. The molecule has 1 fully saturated rings. The zero-order chi connectivity index (χ0) is 27.4. The first-order valence-corrected chi connectivity index (χ1v) is 14.0. The number of hydrogen-bond donors (Lipinski definition) is 2. The van der Waals surface area contributed by atoms with Gasteiger partial charge in [-0.3, -0.25) is 9.59 Å². The van der Waals surface area contributed by atoms with E-state index in [0.717, 1.165) is 11.3 Å². The predicted molar refractivity (Wildman–Crippen MR) is 141 cm³/mol. The third-order valence-electron chi connectivity index (χ3n) is 7.22. The van der Waals surface area contributed by atoms with Gasteiger partial charge in [-0.1, -0.05) is 32.8 Å². The fourth-order valence-corrected chi connectivity index (χ4v) is 6.24. The highest BCUT2D eigenvalue weighted by Crippen LogP contribution is 2.45. The molecule has 10 heteroatoms. The Morgan fingerprint density at radius 3 is 2.63 bits per heavy atom.